The first-order valence-corrected chi connectivity index (χ1v) is 13.9. The highest BCUT2D eigenvalue weighted by Crippen LogP contribution is 2.38. The van der Waals surface area contributed by atoms with Crippen LogP contribution in [0.5, 0.6) is 0 Å². The number of aromatic nitrogens is 3. The number of fused-ring (bicyclic) bond motifs is 11. The van der Waals surface area contributed by atoms with Gasteiger partial charge in [-0.25, -0.2) is 4.98 Å². The van der Waals surface area contributed by atoms with Crippen molar-refractivity contribution in [2.75, 3.05) is 0 Å². The van der Waals surface area contributed by atoms with Crippen molar-refractivity contribution in [3.05, 3.63) is 140 Å². The Bertz CT molecular complexity index is 2470. The molecule has 0 aliphatic heterocycles. The Morgan fingerprint density at radius 1 is 0.463 bits per heavy atom. The molecule has 0 bridgehead atoms. The van der Waals surface area contributed by atoms with Gasteiger partial charge in [-0.1, -0.05) is 97.1 Å². The highest BCUT2D eigenvalue weighted by atomic mass is 15.0. The summed E-state index contributed by atoms with van der Waals surface area (Å²) in [5, 5.41) is 7.10. The summed E-state index contributed by atoms with van der Waals surface area (Å²) in [6, 6.07) is 47.8. The minimum absolute atomic E-state index is 0.950. The smallest absolute Gasteiger partial charge is 0.148 e. The Hall–Kier alpha value is -5.54. The zero-order valence-corrected chi connectivity index (χ0v) is 22.1. The lowest BCUT2D eigenvalue weighted by molar-refractivity contribution is 1.31. The van der Waals surface area contributed by atoms with Gasteiger partial charge in [0, 0.05) is 17.0 Å². The number of imidazole rings is 1. The first-order chi connectivity index (χ1) is 20.3. The average molecular weight is 522 g/mol. The topological polar surface area (TPSA) is 30.2 Å². The quantitative estimate of drug-likeness (QED) is 0.212. The SMILES string of the molecule is c1ccc2cc(-c3ccc(-c4ccc5c(c4)c4ccc6cccnc6c4c4nc6ccccc6n54)cc3)ccc2c1. The van der Waals surface area contributed by atoms with Crippen LogP contribution in [0.4, 0.5) is 0 Å². The van der Waals surface area contributed by atoms with Gasteiger partial charge in [-0.3, -0.25) is 9.38 Å². The van der Waals surface area contributed by atoms with Gasteiger partial charge in [-0.2, -0.15) is 0 Å². The Labute approximate surface area is 236 Å². The minimum atomic E-state index is 0.950. The lowest BCUT2D eigenvalue weighted by Crippen LogP contribution is -1.94. The van der Waals surface area contributed by atoms with Crippen LogP contribution in [0.25, 0.3) is 82.3 Å². The van der Waals surface area contributed by atoms with Gasteiger partial charge in [0.05, 0.1) is 27.5 Å². The van der Waals surface area contributed by atoms with Crippen LogP contribution in [-0.2, 0) is 0 Å². The monoisotopic (exact) mass is 521 g/mol. The molecule has 3 aromatic heterocycles. The molecule has 0 fully saturated rings. The highest BCUT2D eigenvalue weighted by molar-refractivity contribution is 6.22. The van der Waals surface area contributed by atoms with Crippen molar-refractivity contribution in [3.8, 4) is 22.3 Å². The fraction of sp³-hybridized carbons (Fsp3) is 0. The van der Waals surface area contributed by atoms with E-state index >= 15 is 0 Å². The molecule has 0 aliphatic carbocycles. The predicted octanol–water partition coefficient (Wildman–Crippen LogP) is 9.83. The molecule has 0 saturated heterocycles. The van der Waals surface area contributed by atoms with Crippen LogP contribution in [0.3, 0.4) is 0 Å². The third-order valence-corrected chi connectivity index (χ3v) is 8.39. The first kappa shape index (κ1) is 22.3. The fourth-order valence-corrected chi connectivity index (χ4v) is 6.38. The van der Waals surface area contributed by atoms with Crippen LogP contribution < -0.4 is 0 Å². The number of benzene rings is 6. The summed E-state index contributed by atoms with van der Waals surface area (Å²) in [5.74, 6) is 0. The average Bonchev–Trinajstić information content (AvgIpc) is 3.44. The largest absolute Gasteiger partial charge is 0.292 e. The van der Waals surface area contributed by atoms with E-state index in [4.69, 9.17) is 9.97 Å². The Kier molecular flexibility index (Phi) is 4.61. The highest BCUT2D eigenvalue weighted by Gasteiger charge is 2.17. The number of hydrogen-bond acceptors (Lipinski definition) is 2. The molecule has 41 heavy (non-hydrogen) atoms. The van der Waals surface area contributed by atoms with Crippen molar-refractivity contribution in [1.82, 2.24) is 14.4 Å². The van der Waals surface area contributed by atoms with E-state index in [1.165, 1.54) is 43.8 Å². The van der Waals surface area contributed by atoms with Crippen LogP contribution in [0.2, 0.25) is 0 Å². The van der Waals surface area contributed by atoms with Crippen molar-refractivity contribution in [3.63, 3.8) is 0 Å². The third-order valence-electron chi connectivity index (χ3n) is 8.39. The van der Waals surface area contributed by atoms with E-state index in [0.717, 1.165) is 38.5 Å². The van der Waals surface area contributed by atoms with E-state index in [2.05, 4.69) is 132 Å². The third kappa shape index (κ3) is 3.33. The number of rotatable bonds is 2. The van der Waals surface area contributed by atoms with Gasteiger partial charge in [-0.15, -0.1) is 0 Å². The van der Waals surface area contributed by atoms with Gasteiger partial charge in [0.1, 0.15) is 5.65 Å². The van der Waals surface area contributed by atoms with Gasteiger partial charge in [0.2, 0.25) is 0 Å². The molecule has 0 radical (unpaired) electrons. The fourth-order valence-electron chi connectivity index (χ4n) is 6.38. The Morgan fingerprint density at radius 2 is 1.15 bits per heavy atom. The molecule has 0 spiro atoms. The molecule has 0 saturated carbocycles. The molecule has 0 aliphatic rings. The maximum absolute atomic E-state index is 5.10. The standard InChI is InChI=1S/C38H23N3/c1-2-7-28-22-29(16-15-24(28)6-1)25-11-13-26(14-12-25)30-18-20-34-32(23-30)31-19-17-27-8-5-21-39-37(27)36(31)38-40-33-9-3-4-10-35(33)41(34)38/h1-23H. The van der Waals surface area contributed by atoms with Crippen molar-refractivity contribution in [2.24, 2.45) is 0 Å². The summed E-state index contributed by atoms with van der Waals surface area (Å²) >= 11 is 0. The summed E-state index contributed by atoms with van der Waals surface area (Å²) in [4.78, 5) is 9.93. The summed E-state index contributed by atoms with van der Waals surface area (Å²) in [7, 11) is 0. The van der Waals surface area contributed by atoms with E-state index in [1.54, 1.807) is 0 Å². The number of nitrogens with zero attached hydrogens (tertiary/aromatic N) is 3. The zero-order chi connectivity index (χ0) is 26.9. The molecule has 3 nitrogen and oxygen atoms in total. The molecule has 0 atom stereocenters. The van der Waals surface area contributed by atoms with Gasteiger partial charge in [0.25, 0.3) is 0 Å². The maximum atomic E-state index is 5.10. The molecule has 3 heteroatoms. The molecule has 190 valence electrons. The van der Waals surface area contributed by atoms with Gasteiger partial charge in [-0.05, 0) is 74.8 Å². The summed E-state index contributed by atoms with van der Waals surface area (Å²) in [5.41, 5.74) is 10.0. The van der Waals surface area contributed by atoms with E-state index in [0.29, 0.717) is 0 Å². The molecule has 9 aromatic rings. The molecular formula is C38H23N3. The molecule has 0 N–H and O–H groups in total. The van der Waals surface area contributed by atoms with Crippen LogP contribution >= 0.6 is 0 Å². The van der Waals surface area contributed by atoms with E-state index < -0.39 is 0 Å². The van der Waals surface area contributed by atoms with Crippen LogP contribution in [-0.4, -0.2) is 14.4 Å². The van der Waals surface area contributed by atoms with Crippen molar-refractivity contribution in [1.29, 1.82) is 0 Å². The molecule has 6 aromatic carbocycles. The Balaban J connectivity index is 1.27. The first-order valence-electron chi connectivity index (χ1n) is 13.9. The van der Waals surface area contributed by atoms with Crippen LogP contribution in [0.15, 0.2) is 140 Å². The summed E-state index contributed by atoms with van der Waals surface area (Å²) in [6.07, 6.45) is 1.87. The molecular weight excluding hydrogens is 498 g/mol. The maximum Gasteiger partial charge on any atom is 0.148 e. The Morgan fingerprint density at radius 3 is 2.02 bits per heavy atom. The van der Waals surface area contributed by atoms with E-state index in [1.807, 2.05) is 12.3 Å². The number of para-hydroxylation sites is 2. The van der Waals surface area contributed by atoms with Crippen molar-refractivity contribution in [2.45, 2.75) is 0 Å². The van der Waals surface area contributed by atoms with Crippen molar-refractivity contribution >= 4 is 60.0 Å². The summed E-state index contributed by atoms with van der Waals surface area (Å²) < 4.78 is 2.30. The van der Waals surface area contributed by atoms with Gasteiger partial charge < -0.3 is 0 Å². The van der Waals surface area contributed by atoms with E-state index in [9.17, 15) is 0 Å². The zero-order valence-electron chi connectivity index (χ0n) is 22.1. The minimum Gasteiger partial charge on any atom is -0.292 e. The second kappa shape index (κ2) is 8.48. The number of pyridine rings is 2. The van der Waals surface area contributed by atoms with Crippen LogP contribution in [0.1, 0.15) is 0 Å². The second-order valence-corrected chi connectivity index (χ2v) is 10.7. The van der Waals surface area contributed by atoms with Crippen molar-refractivity contribution < 1.29 is 0 Å². The van der Waals surface area contributed by atoms with Gasteiger partial charge in [0.15, 0.2) is 0 Å². The van der Waals surface area contributed by atoms with E-state index in [-0.39, 0.29) is 0 Å². The lowest BCUT2D eigenvalue weighted by Gasteiger charge is -2.13. The molecule has 0 amide bonds. The lowest BCUT2D eigenvalue weighted by atomic mass is 9.96. The normalized spacial score (nSPS) is 11.9. The second-order valence-electron chi connectivity index (χ2n) is 10.7. The molecule has 9 rings (SSSR count). The summed E-state index contributed by atoms with van der Waals surface area (Å²) in [6.45, 7) is 0. The molecule has 0 unspecified atom stereocenters. The van der Waals surface area contributed by atoms with Gasteiger partial charge >= 0.3 is 0 Å². The predicted molar refractivity (Wildman–Crippen MR) is 171 cm³/mol. The number of hydrogen-bond donors (Lipinski definition) is 0. The van der Waals surface area contributed by atoms with Crippen LogP contribution in [0, 0.1) is 0 Å². The molecule has 3 heterocycles.